The lowest BCUT2D eigenvalue weighted by atomic mass is 10.0. The number of anilines is 1. The predicted octanol–water partition coefficient (Wildman–Crippen LogP) is 2.15. The van der Waals surface area contributed by atoms with Crippen molar-refractivity contribution in [3.63, 3.8) is 0 Å². The third-order valence-electron chi connectivity index (χ3n) is 2.30. The Morgan fingerprint density at radius 2 is 2.19 bits per heavy atom. The van der Waals surface area contributed by atoms with Gasteiger partial charge in [-0.05, 0) is 13.3 Å². The van der Waals surface area contributed by atoms with E-state index < -0.39 is 11.2 Å². The van der Waals surface area contributed by atoms with Gasteiger partial charge < -0.3 is 10.1 Å². The molecular formula is C8H10F3N3OS. The zero-order valence-electron chi connectivity index (χ0n) is 8.47. The summed E-state index contributed by atoms with van der Waals surface area (Å²) in [5, 5.41) is 8.75. The first-order valence-electron chi connectivity index (χ1n) is 4.66. The maximum atomic E-state index is 12.3. The van der Waals surface area contributed by atoms with Crippen molar-refractivity contribution in [1.29, 1.82) is 0 Å². The van der Waals surface area contributed by atoms with Crippen LogP contribution in [-0.4, -0.2) is 29.0 Å². The fourth-order valence-electron chi connectivity index (χ4n) is 1.41. The second-order valence-electron chi connectivity index (χ2n) is 3.90. The number of aromatic nitrogens is 2. The molecule has 1 saturated heterocycles. The highest BCUT2D eigenvalue weighted by Crippen LogP contribution is 2.34. The summed E-state index contributed by atoms with van der Waals surface area (Å²) in [7, 11) is 0. The summed E-state index contributed by atoms with van der Waals surface area (Å²) >= 11 is 0.511. The van der Waals surface area contributed by atoms with E-state index in [2.05, 4.69) is 15.5 Å². The SMILES string of the molecule is CC1(Nc2nnc(C(F)(F)F)s2)CCOC1. The van der Waals surface area contributed by atoms with Crippen LogP contribution in [0.15, 0.2) is 0 Å². The fraction of sp³-hybridized carbons (Fsp3) is 0.750. The molecule has 1 atom stereocenters. The Kier molecular flexibility index (Phi) is 2.79. The molecule has 0 spiro atoms. The van der Waals surface area contributed by atoms with Gasteiger partial charge in [-0.15, -0.1) is 10.2 Å². The highest BCUT2D eigenvalue weighted by molar-refractivity contribution is 7.15. The van der Waals surface area contributed by atoms with Crippen LogP contribution in [0.1, 0.15) is 18.4 Å². The van der Waals surface area contributed by atoms with E-state index in [1.54, 1.807) is 0 Å². The standard InChI is InChI=1S/C8H10F3N3OS/c1-7(2-3-15-4-7)12-6-14-13-5(16-6)8(9,10)11/h2-4H2,1H3,(H,12,14). The van der Waals surface area contributed by atoms with E-state index >= 15 is 0 Å². The van der Waals surface area contributed by atoms with Gasteiger partial charge in [0.25, 0.3) is 0 Å². The zero-order valence-corrected chi connectivity index (χ0v) is 9.28. The molecule has 16 heavy (non-hydrogen) atoms. The lowest BCUT2D eigenvalue weighted by Gasteiger charge is -2.22. The fourth-order valence-corrected chi connectivity index (χ4v) is 2.17. The van der Waals surface area contributed by atoms with Gasteiger partial charge in [0.15, 0.2) is 0 Å². The van der Waals surface area contributed by atoms with Crippen LogP contribution < -0.4 is 5.32 Å². The Morgan fingerprint density at radius 3 is 2.69 bits per heavy atom. The number of hydrogen-bond acceptors (Lipinski definition) is 5. The van der Waals surface area contributed by atoms with Crippen molar-refractivity contribution in [2.75, 3.05) is 18.5 Å². The minimum atomic E-state index is -4.43. The lowest BCUT2D eigenvalue weighted by molar-refractivity contribution is -0.138. The van der Waals surface area contributed by atoms with Gasteiger partial charge in [-0.25, -0.2) is 0 Å². The number of nitrogens with one attached hydrogen (secondary N) is 1. The quantitative estimate of drug-likeness (QED) is 0.877. The zero-order chi connectivity index (χ0) is 11.8. The predicted molar refractivity (Wildman–Crippen MR) is 52.4 cm³/mol. The molecule has 0 bridgehead atoms. The molecule has 1 aromatic rings. The van der Waals surface area contributed by atoms with Crippen molar-refractivity contribution in [1.82, 2.24) is 10.2 Å². The van der Waals surface area contributed by atoms with Gasteiger partial charge in [-0.1, -0.05) is 11.3 Å². The molecule has 1 aliphatic rings. The van der Waals surface area contributed by atoms with E-state index in [1.807, 2.05) is 6.92 Å². The van der Waals surface area contributed by atoms with Crippen molar-refractivity contribution in [2.45, 2.75) is 25.1 Å². The van der Waals surface area contributed by atoms with Crippen molar-refractivity contribution in [3.05, 3.63) is 5.01 Å². The number of ether oxygens (including phenoxy) is 1. The number of nitrogens with zero attached hydrogens (tertiary/aromatic N) is 2. The summed E-state index contributed by atoms with van der Waals surface area (Å²) in [5.74, 6) is 0. The molecule has 1 N–H and O–H groups in total. The maximum absolute atomic E-state index is 12.3. The first kappa shape index (κ1) is 11.6. The Morgan fingerprint density at radius 1 is 1.44 bits per heavy atom. The van der Waals surface area contributed by atoms with E-state index in [0.717, 1.165) is 6.42 Å². The highest BCUT2D eigenvalue weighted by atomic mass is 32.1. The topological polar surface area (TPSA) is 47.0 Å². The van der Waals surface area contributed by atoms with Gasteiger partial charge in [0.05, 0.1) is 12.1 Å². The Hall–Kier alpha value is -0.890. The molecule has 2 rings (SSSR count). The van der Waals surface area contributed by atoms with Crippen LogP contribution in [0.2, 0.25) is 0 Å². The van der Waals surface area contributed by atoms with Crippen LogP contribution in [0.4, 0.5) is 18.3 Å². The van der Waals surface area contributed by atoms with E-state index in [4.69, 9.17) is 4.74 Å². The molecule has 2 heterocycles. The van der Waals surface area contributed by atoms with Gasteiger partial charge in [0.2, 0.25) is 10.1 Å². The number of rotatable bonds is 2. The Balaban J connectivity index is 2.08. The number of halogens is 3. The Labute approximate surface area is 93.8 Å². The molecular weight excluding hydrogens is 243 g/mol. The van der Waals surface area contributed by atoms with E-state index in [-0.39, 0.29) is 10.7 Å². The van der Waals surface area contributed by atoms with Crippen molar-refractivity contribution in [2.24, 2.45) is 0 Å². The summed E-state index contributed by atoms with van der Waals surface area (Å²) in [6.07, 6.45) is -3.68. The third-order valence-corrected chi connectivity index (χ3v) is 3.18. The summed E-state index contributed by atoms with van der Waals surface area (Å²) < 4.78 is 42.0. The third kappa shape index (κ3) is 2.43. The second kappa shape index (κ2) is 3.85. The molecule has 0 saturated carbocycles. The van der Waals surface area contributed by atoms with Gasteiger partial charge >= 0.3 is 6.18 Å². The lowest BCUT2D eigenvalue weighted by Crippen LogP contribution is -2.34. The minimum absolute atomic E-state index is 0.181. The molecule has 0 radical (unpaired) electrons. The molecule has 0 aromatic carbocycles. The molecule has 4 nitrogen and oxygen atoms in total. The summed E-state index contributed by atoms with van der Waals surface area (Å²) in [5.41, 5.74) is -0.345. The van der Waals surface area contributed by atoms with E-state index in [1.165, 1.54) is 0 Å². The minimum Gasteiger partial charge on any atom is -0.379 e. The second-order valence-corrected chi connectivity index (χ2v) is 4.88. The van der Waals surface area contributed by atoms with Crippen molar-refractivity contribution >= 4 is 16.5 Å². The van der Waals surface area contributed by atoms with Gasteiger partial charge in [0, 0.05) is 6.61 Å². The summed E-state index contributed by atoms with van der Waals surface area (Å²) in [4.78, 5) is 0. The normalized spacial score (nSPS) is 26.0. The smallest absolute Gasteiger partial charge is 0.379 e. The monoisotopic (exact) mass is 253 g/mol. The molecule has 0 aliphatic carbocycles. The van der Waals surface area contributed by atoms with Crippen LogP contribution in [-0.2, 0) is 10.9 Å². The van der Waals surface area contributed by atoms with Crippen molar-refractivity contribution < 1.29 is 17.9 Å². The first-order chi connectivity index (χ1) is 7.39. The average Bonchev–Trinajstić information content (AvgIpc) is 2.74. The largest absolute Gasteiger partial charge is 0.445 e. The van der Waals surface area contributed by atoms with Gasteiger partial charge in [-0.2, -0.15) is 13.2 Å². The van der Waals surface area contributed by atoms with Crippen LogP contribution in [0, 0.1) is 0 Å². The number of alkyl halides is 3. The van der Waals surface area contributed by atoms with Crippen molar-refractivity contribution in [3.8, 4) is 0 Å². The van der Waals surface area contributed by atoms with E-state index in [0.29, 0.717) is 24.6 Å². The van der Waals surface area contributed by atoms with Crippen LogP contribution >= 0.6 is 11.3 Å². The first-order valence-corrected chi connectivity index (χ1v) is 5.47. The molecule has 8 heteroatoms. The van der Waals surface area contributed by atoms with E-state index in [9.17, 15) is 13.2 Å². The number of hydrogen-bond donors (Lipinski definition) is 1. The molecule has 1 fully saturated rings. The molecule has 90 valence electrons. The summed E-state index contributed by atoms with van der Waals surface area (Å²) in [6.45, 7) is 2.96. The van der Waals surface area contributed by atoms with Gasteiger partial charge in [-0.3, -0.25) is 0 Å². The maximum Gasteiger partial charge on any atom is 0.445 e. The average molecular weight is 253 g/mol. The molecule has 1 aromatic heterocycles. The van der Waals surface area contributed by atoms with Crippen LogP contribution in [0.25, 0.3) is 0 Å². The Bertz CT molecular complexity index is 373. The van der Waals surface area contributed by atoms with Crippen LogP contribution in [0.3, 0.4) is 0 Å². The molecule has 1 unspecified atom stereocenters. The highest BCUT2D eigenvalue weighted by Gasteiger charge is 2.37. The van der Waals surface area contributed by atoms with Gasteiger partial charge in [0.1, 0.15) is 0 Å². The molecule has 0 amide bonds. The summed E-state index contributed by atoms with van der Waals surface area (Å²) in [6, 6.07) is 0. The van der Waals surface area contributed by atoms with Crippen LogP contribution in [0.5, 0.6) is 0 Å². The molecule has 1 aliphatic heterocycles.